The summed E-state index contributed by atoms with van der Waals surface area (Å²) in [6.07, 6.45) is 8.41. The van der Waals surface area contributed by atoms with Crippen LogP contribution in [0.2, 0.25) is 5.02 Å². The van der Waals surface area contributed by atoms with Crippen LogP contribution in [0.1, 0.15) is 60.5 Å². The number of hydrogen-bond acceptors (Lipinski definition) is 3. The minimum atomic E-state index is -1.05. The number of nitrogens with zero attached hydrogens (tertiary/aromatic N) is 1. The summed E-state index contributed by atoms with van der Waals surface area (Å²) in [4.78, 5) is 27.5. The Labute approximate surface area is 175 Å². The van der Waals surface area contributed by atoms with Crippen molar-refractivity contribution in [2.45, 2.75) is 44.4 Å². The largest absolute Gasteiger partial charge is 0.477 e. The zero-order valence-electron chi connectivity index (χ0n) is 16.2. The fourth-order valence-electron chi connectivity index (χ4n) is 4.92. The second-order valence-electron chi connectivity index (χ2n) is 8.08. The second-order valence-corrected chi connectivity index (χ2v) is 8.49. The number of aromatic nitrogens is 1. The van der Waals surface area contributed by atoms with Gasteiger partial charge in [0.1, 0.15) is 5.69 Å². The molecule has 1 saturated carbocycles. The molecule has 1 aliphatic heterocycles. The lowest BCUT2D eigenvalue weighted by Crippen LogP contribution is -2.29. The molecule has 1 aromatic carbocycles. The Kier molecular flexibility index (Phi) is 5.86. The second kappa shape index (κ2) is 8.54. The summed E-state index contributed by atoms with van der Waals surface area (Å²) in [6.45, 7) is 0.740. The first-order valence-electron chi connectivity index (χ1n) is 10.3. The Balaban J connectivity index is 1.66. The van der Waals surface area contributed by atoms with Gasteiger partial charge in [-0.15, -0.1) is 0 Å². The standard InChI is InChI=1S/C23H25ClN2O3/c24-19-12-15(16-7-9-20(23(28)29)26-13-16)6-8-17(19)21(14-4-2-1-3-5-14)18-10-11-25-22(18)27/h6-9,12-14,18,21H,1-5,10-11H2,(H,25,27)(H,28,29). The molecule has 2 N–H and O–H groups in total. The van der Waals surface area contributed by atoms with Crippen molar-refractivity contribution in [3.63, 3.8) is 0 Å². The van der Waals surface area contributed by atoms with Gasteiger partial charge in [0, 0.05) is 29.2 Å². The molecule has 0 radical (unpaired) electrons. The SMILES string of the molecule is O=C(O)c1ccc(-c2ccc(C(C3CCCCC3)C3CCNC3=O)c(Cl)c2)cn1. The monoisotopic (exact) mass is 412 g/mol. The maximum Gasteiger partial charge on any atom is 0.354 e. The van der Waals surface area contributed by atoms with Gasteiger partial charge in [0.15, 0.2) is 0 Å². The molecule has 6 heteroatoms. The predicted octanol–water partition coefficient (Wildman–Crippen LogP) is 4.90. The van der Waals surface area contributed by atoms with Crippen LogP contribution in [0, 0.1) is 11.8 Å². The molecule has 1 amide bonds. The van der Waals surface area contributed by atoms with Gasteiger partial charge in [0.25, 0.3) is 0 Å². The Hall–Kier alpha value is -2.40. The molecule has 152 valence electrons. The van der Waals surface area contributed by atoms with E-state index < -0.39 is 5.97 Å². The molecule has 2 unspecified atom stereocenters. The highest BCUT2D eigenvalue weighted by Crippen LogP contribution is 2.45. The smallest absolute Gasteiger partial charge is 0.354 e. The van der Waals surface area contributed by atoms with Crippen LogP contribution in [0.4, 0.5) is 0 Å². The maximum atomic E-state index is 12.5. The number of benzene rings is 1. The highest BCUT2D eigenvalue weighted by Gasteiger charge is 2.39. The minimum absolute atomic E-state index is 0.0149. The van der Waals surface area contributed by atoms with E-state index in [1.165, 1.54) is 25.3 Å². The molecule has 4 rings (SSSR count). The zero-order chi connectivity index (χ0) is 20.4. The summed E-state index contributed by atoms with van der Waals surface area (Å²) in [5, 5.41) is 12.7. The number of halogens is 1. The molecule has 5 nitrogen and oxygen atoms in total. The van der Waals surface area contributed by atoms with Gasteiger partial charge in [-0.1, -0.05) is 49.1 Å². The van der Waals surface area contributed by atoms with Crippen LogP contribution < -0.4 is 5.32 Å². The first-order valence-corrected chi connectivity index (χ1v) is 10.7. The number of pyridine rings is 1. The zero-order valence-corrected chi connectivity index (χ0v) is 17.0. The van der Waals surface area contributed by atoms with Crippen molar-refractivity contribution in [2.24, 2.45) is 11.8 Å². The summed E-state index contributed by atoms with van der Waals surface area (Å²) in [6, 6.07) is 9.20. The molecule has 29 heavy (non-hydrogen) atoms. The third-order valence-electron chi connectivity index (χ3n) is 6.36. The van der Waals surface area contributed by atoms with Crippen LogP contribution in [-0.4, -0.2) is 28.5 Å². The van der Waals surface area contributed by atoms with Crippen molar-refractivity contribution in [1.29, 1.82) is 0 Å². The normalized spacial score (nSPS) is 21.0. The quantitative estimate of drug-likeness (QED) is 0.731. The number of carbonyl (C=O) groups is 2. The van der Waals surface area contributed by atoms with E-state index in [1.54, 1.807) is 12.3 Å². The van der Waals surface area contributed by atoms with Crippen LogP contribution >= 0.6 is 11.6 Å². The average Bonchev–Trinajstić information content (AvgIpc) is 3.16. The lowest BCUT2D eigenvalue weighted by atomic mass is 9.70. The van der Waals surface area contributed by atoms with Gasteiger partial charge < -0.3 is 10.4 Å². The van der Waals surface area contributed by atoms with Gasteiger partial charge in [-0.05, 0) is 54.4 Å². The number of carboxylic acids is 1. The van der Waals surface area contributed by atoms with E-state index in [0.29, 0.717) is 10.9 Å². The van der Waals surface area contributed by atoms with E-state index in [2.05, 4.69) is 10.3 Å². The lowest BCUT2D eigenvalue weighted by molar-refractivity contribution is -0.123. The molecule has 1 saturated heterocycles. The third-order valence-corrected chi connectivity index (χ3v) is 6.69. The Morgan fingerprint density at radius 2 is 1.86 bits per heavy atom. The van der Waals surface area contributed by atoms with Crippen molar-refractivity contribution < 1.29 is 14.7 Å². The van der Waals surface area contributed by atoms with Crippen molar-refractivity contribution in [3.8, 4) is 11.1 Å². The molecule has 0 spiro atoms. The molecule has 1 aromatic heterocycles. The molecule has 2 atom stereocenters. The van der Waals surface area contributed by atoms with E-state index >= 15 is 0 Å². The van der Waals surface area contributed by atoms with E-state index in [9.17, 15) is 9.59 Å². The van der Waals surface area contributed by atoms with Gasteiger partial charge in [-0.2, -0.15) is 0 Å². The summed E-state index contributed by atoms with van der Waals surface area (Å²) >= 11 is 6.75. The third kappa shape index (κ3) is 4.15. The molecular formula is C23H25ClN2O3. The number of amides is 1. The van der Waals surface area contributed by atoms with E-state index in [-0.39, 0.29) is 23.4 Å². The summed E-state index contributed by atoms with van der Waals surface area (Å²) in [5.41, 5.74) is 2.78. The summed E-state index contributed by atoms with van der Waals surface area (Å²) in [7, 11) is 0. The van der Waals surface area contributed by atoms with Crippen LogP contribution in [-0.2, 0) is 4.79 Å². The first-order chi connectivity index (χ1) is 14.0. The van der Waals surface area contributed by atoms with Crippen LogP contribution in [0.3, 0.4) is 0 Å². The molecule has 2 fully saturated rings. The summed E-state index contributed by atoms with van der Waals surface area (Å²) < 4.78 is 0. The molecule has 0 bridgehead atoms. The fourth-order valence-corrected chi connectivity index (χ4v) is 5.22. The van der Waals surface area contributed by atoms with Crippen molar-refractivity contribution in [3.05, 3.63) is 52.8 Å². The highest BCUT2D eigenvalue weighted by atomic mass is 35.5. The number of aromatic carboxylic acids is 1. The van der Waals surface area contributed by atoms with Crippen LogP contribution in [0.15, 0.2) is 36.5 Å². The number of carboxylic acid groups (broad SMARTS) is 1. The molecule has 2 aromatic rings. The van der Waals surface area contributed by atoms with Crippen LogP contribution in [0.25, 0.3) is 11.1 Å². The molecular weight excluding hydrogens is 388 g/mol. The maximum absolute atomic E-state index is 12.5. The Bertz CT molecular complexity index is 907. The summed E-state index contributed by atoms with van der Waals surface area (Å²) in [5.74, 6) is -0.286. The van der Waals surface area contributed by atoms with Crippen LogP contribution in [0.5, 0.6) is 0 Å². The van der Waals surface area contributed by atoms with Gasteiger partial charge >= 0.3 is 5.97 Å². The van der Waals surface area contributed by atoms with Crippen molar-refractivity contribution in [1.82, 2.24) is 10.3 Å². The topological polar surface area (TPSA) is 79.3 Å². The van der Waals surface area contributed by atoms with Crippen molar-refractivity contribution >= 4 is 23.5 Å². The van der Waals surface area contributed by atoms with E-state index in [0.717, 1.165) is 42.5 Å². The number of rotatable bonds is 5. The fraction of sp³-hybridized carbons (Fsp3) is 0.435. The highest BCUT2D eigenvalue weighted by molar-refractivity contribution is 6.31. The molecule has 2 heterocycles. The van der Waals surface area contributed by atoms with Crippen molar-refractivity contribution in [2.75, 3.05) is 6.54 Å². The Morgan fingerprint density at radius 3 is 2.45 bits per heavy atom. The first kappa shape index (κ1) is 19.9. The molecule has 1 aliphatic carbocycles. The number of hydrogen-bond donors (Lipinski definition) is 2. The van der Waals surface area contributed by atoms with Gasteiger partial charge in [0.05, 0.1) is 0 Å². The average molecular weight is 413 g/mol. The number of nitrogens with one attached hydrogen (secondary N) is 1. The predicted molar refractivity (Wildman–Crippen MR) is 112 cm³/mol. The van der Waals surface area contributed by atoms with E-state index in [1.807, 2.05) is 18.2 Å². The molecule has 2 aliphatic rings. The van der Waals surface area contributed by atoms with Gasteiger partial charge in [-0.25, -0.2) is 9.78 Å². The van der Waals surface area contributed by atoms with Gasteiger partial charge in [0.2, 0.25) is 5.91 Å². The minimum Gasteiger partial charge on any atom is -0.477 e. The van der Waals surface area contributed by atoms with E-state index in [4.69, 9.17) is 16.7 Å². The van der Waals surface area contributed by atoms with Gasteiger partial charge in [-0.3, -0.25) is 4.79 Å². The Morgan fingerprint density at radius 1 is 1.10 bits per heavy atom. The number of carbonyl (C=O) groups excluding carboxylic acids is 1. The lowest BCUT2D eigenvalue weighted by Gasteiger charge is -2.34.